The molecule has 0 aliphatic carbocycles. The minimum atomic E-state index is -3.58. The molecule has 4 unspecified atom stereocenters. The number of benzene rings is 6. The van der Waals surface area contributed by atoms with Gasteiger partial charge in [-0.05, 0) is 64.1 Å². The van der Waals surface area contributed by atoms with Crippen molar-refractivity contribution in [3.63, 3.8) is 0 Å². The van der Waals surface area contributed by atoms with Crippen molar-refractivity contribution in [1.82, 2.24) is 0 Å². The first kappa shape index (κ1) is 34.8. The standard InChI is InChI=1S/C45H38O6P2/c1-3-29-48-44(52(46)42-19-11-7-15-38(42)36-13-5-9-17-40(36)50-52)34-25-21-32(22-26-34)31-33-23-27-35(28-24-33)45(49-30-4-2)53(47)43-20-12-8-16-39(43)37-14-6-10-18-41(37)51-53/h3-28,44-45H,1-2,29-31H2. The third kappa shape index (κ3) is 6.43. The number of hydrogen-bond acceptors (Lipinski definition) is 6. The van der Waals surface area contributed by atoms with Gasteiger partial charge in [-0.15, -0.1) is 13.2 Å². The van der Waals surface area contributed by atoms with Crippen molar-refractivity contribution in [2.24, 2.45) is 0 Å². The van der Waals surface area contributed by atoms with Gasteiger partial charge in [0.25, 0.3) is 0 Å². The molecule has 2 aliphatic heterocycles. The fourth-order valence-electron chi connectivity index (χ4n) is 7.16. The zero-order valence-electron chi connectivity index (χ0n) is 29.0. The molecule has 0 saturated heterocycles. The molecular formula is C45H38O6P2. The SMILES string of the molecule is C=CCOC(c1ccc(Cc2ccc(C(OCC=C)P3(=O)Oc4ccccc4-c4ccccc43)cc2)cc1)P1(=O)Oc2ccccc2-c2ccccc21. The van der Waals surface area contributed by atoms with Gasteiger partial charge in [0.1, 0.15) is 11.5 Å². The normalized spacial score (nSPS) is 19.2. The molecular weight excluding hydrogens is 698 g/mol. The minimum absolute atomic E-state index is 0.212. The second-order valence-corrected chi connectivity index (χ2v) is 17.7. The summed E-state index contributed by atoms with van der Waals surface area (Å²) >= 11 is 0. The lowest BCUT2D eigenvalue weighted by Crippen LogP contribution is -2.23. The molecule has 0 radical (unpaired) electrons. The molecule has 0 amide bonds. The Hall–Kier alpha value is -5.22. The van der Waals surface area contributed by atoms with Crippen molar-refractivity contribution in [1.29, 1.82) is 0 Å². The molecule has 0 bridgehead atoms. The quantitative estimate of drug-likeness (QED) is 0.0920. The zero-order chi connectivity index (χ0) is 36.4. The van der Waals surface area contributed by atoms with E-state index in [9.17, 15) is 9.13 Å². The molecule has 0 saturated carbocycles. The highest BCUT2D eigenvalue weighted by atomic mass is 31.2. The van der Waals surface area contributed by atoms with Crippen LogP contribution in [0.15, 0.2) is 171 Å². The first-order valence-electron chi connectivity index (χ1n) is 17.5. The molecule has 2 heterocycles. The van der Waals surface area contributed by atoms with Crippen LogP contribution < -0.4 is 19.7 Å². The Morgan fingerprint density at radius 2 is 0.849 bits per heavy atom. The molecule has 0 N–H and O–H groups in total. The maximum absolute atomic E-state index is 15.0. The predicted octanol–water partition coefficient (Wildman–Crippen LogP) is 11.0. The van der Waals surface area contributed by atoms with Crippen molar-refractivity contribution < 1.29 is 27.7 Å². The highest BCUT2D eigenvalue weighted by Crippen LogP contribution is 2.65. The van der Waals surface area contributed by atoms with Crippen LogP contribution in [-0.4, -0.2) is 13.2 Å². The van der Waals surface area contributed by atoms with Crippen molar-refractivity contribution in [3.05, 3.63) is 193 Å². The molecule has 8 heteroatoms. The monoisotopic (exact) mass is 736 g/mol. The Labute approximate surface area is 310 Å². The van der Waals surface area contributed by atoms with Gasteiger partial charge in [0.05, 0.1) is 23.8 Å². The summed E-state index contributed by atoms with van der Waals surface area (Å²) in [5.74, 6) is -0.517. The van der Waals surface area contributed by atoms with Crippen molar-refractivity contribution in [3.8, 4) is 33.8 Å². The van der Waals surface area contributed by atoms with E-state index >= 15 is 0 Å². The van der Waals surface area contributed by atoms with Crippen LogP contribution in [0.25, 0.3) is 22.3 Å². The average Bonchev–Trinajstić information content (AvgIpc) is 3.19. The van der Waals surface area contributed by atoms with Crippen LogP contribution in [0.4, 0.5) is 0 Å². The van der Waals surface area contributed by atoms with E-state index in [4.69, 9.17) is 18.5 Å². The molecule has 0 fully saturated rings. The zero-order valence-corrected chi connectivity index (χ0v) is 30.8. The molecule has 6 nitrogen and oxygen atoms in total. The topological polar surface area (TPSA) is 71.1 Å². The first-order chi connectivity index (χ1) is 25.9. The Morgan fingerprint density at radius 1 is 0.491 bits per heavy atom. The molecule has 2 aliphatic rings. The van der Waals surface area contributed by atoms with E-state index in [0.717, 1.165) is 44.5 Å². The van der Waals surface area contributed by atoms with Crippen LogP contribution in [0.2, 0.25) is 0 Å². The van der Waals surface area contributed by atoms with Gasteiger partial charge in [0.15, 0.2) is 11.7 Å². The molecule has 53 heavy (non-hydrogen) atoms. The second kappa shape index (κ2) is 14.7. The largest absolute Gasteiger partial charge is 0.437 e. The van der Waals surface area contributed by atoms with Gasteiger partial charge in [0, 0.05) is 11.1 Å². The fraction of sp³-hybridized carbons (Fsp3) is 0.111. The van der Waals surface area contributed by atoms with Crippen molar-refractivity contribution >= 4 is 25.3 Å². The maximum atomic E-state index is 15.0. The van der Waals surface area contributed by atoms with E-state index in [0.29, 0.717) is 28.5 Å². The van der Waals surface area contributed by atoms with E-state index in [1.807, 2.05) is 146 Å². The van der Waals surface area contributed by atoms with Crippen LogP contribution in [0.3, 0.4) is 0 Å². The van der Waals surface area contributed by atoms with Gasteiger partial charge >= 0.3 is 14.7 Å². The van der Waals surface area contributed by atoms with Gasteiger partial charge < -0.3 is 18.5 Å². The molecule has 8 rings (SSSR count). The van der Waals surface area contributed by atoms with Gasteiger partial charge in [-0.2, -0.15) is 0 Å². The lowest BCUT2D eigenvalue weighted by molar-refractivity contribution is 0.124. The molecule has 0 aromatic heterocycles. The Balaban J connectivity index is 1.06. The summed E-state index contributed by atoms with van der Waals surface area (Å²) in [6.45, 7) is 8.08. The number of ether oxygens (including phenoxy) is 2. The van der Waals surface area contributed by atoms with Gasteiger partial charge in [-0.3, -0.25) is 9.13 Å². The Bertz CT molecular complexity index is 2230. The molecule has 264 valence electrons. The first-order valence-corrected chi connectivity index (χ1v) is 20.9. The summed E-state index contributed by atoms with van der Waals surface area (Å²) in [4.78, 5) is 0. The molecule has 4 atom stereocenters. The summed E-state index contributed by atoms with van der Waals surface area (Å²) in [5, 5.41) is 1.28. The summed E-state index contributed by atoms with van der Waals surface area (Å²) in [7, 11) is -7.16. The number of rotatable bonds is 12. The lowest BCUT2D eigenvalue weighted by atomic mass is 10.0. The van der Waals surface area contributed by atoms with Crippen LogP contribution in [0, 0.1) is 0 Å². The highest BCUT2D eigenvalue weighted by Gasteiger charge is 2.46. The number of fused-ring (bicyclic) bond motifs is 6. The van der Waals surface area contributed by atoms with E-state index in [-0.39, 0.29) is 13.2 Å². The van der Waals surface area contributed by atoms with Crippen molar-refractivity contribution in [2.45, 2.75) is 18.1 Å². The van der Waals surface area contributed by atoms with Gasteiger partial charge in [-0.25, -0.2) is 0 Å². The Kier molecular flexibility index (Phi) is 9.64. The summed E-state index contributed by atoms with van der Waals surface area (Å²) in [6, 6.07) is 46.7. The molecule has 0 spiro atoms. The van der Waals surface area contributed by atoms with Gasteiger partial charge in [0.2, 0.25) is 0 Å². The Morgan fingerprint density at radius 3 is 1.25 bits per heavy atom. The highest BCUT2D eigenvalue weighted by molar-refractivity contribution is 7.68. The van der Waals surface area contributed by atoms with Crippen LogP contribution in [0.5, 0.6) is 11.5 Å². The third-order valence-corrected chi connectivity index (χ3v) is 14.8. The summed E-state index contributed by atoms with van der Waals surface area (Å²) in [6.07, 6.45) is 3.96. The molecule has 6 aromatic carbocycles. The summed E-state index contributed by atoms with van der Waals surface area (Å²) in [5.41, 5.74) is 7.22. The summed E-state index contributed by atoms with van der Waals surface area (Å²) < 4.78 is 55.3. The number of para-hydroxylation sites is 2. The fourth-order valence-corrected chi connectivity index (χ4v) is 12.3. The smallest absolute Gasteiger partial charge is 0.310 e. The van der Waals surface area contributed by atoms with Gasteiger partial charge in [-0.1, -0.05) is 133 Å². The van der Waals surface area contributed by atoms with Crippen molar-refractivity contribution in [2.75, 3.05) is 13.2 Å². The lowest BCUT2D eigenvalue weighted by Gasteiger charge is -2.34. The number of hydrogen-bond donors (Lipinski definition) is 0. The predicted molar refractivity (Wildman–Crippen MR) is 213 cm³/mol. The van der Waals surface area contributed by atoms with E-state index in [2.05, 4.69) is 13.2 Å². The van der Waals surface area contributed by atoms with Crippen LogP contribution in [0.1, 0.15) is 33.9 Å². The minimum Gasteiger partial charge on any atom is -0.437 e. The van der Waals surface area contributed by atoms with Crippen LogP contribution >= 0.6 is 14.7 Å². The van der Waals surface area contributed by atoms with Crippen LogP contribution in [-0.2, 0) is 25.0 Å². The average molecular weight is 737 g/mol. The van der Waals surface area contributed by atoms with E-state index < -0.39 is 26.4 Å². The second-order valence-electron chi connectivity index (χ2n) is 13.0. The van der Waals surface area contributed by atoms with E-state index in [1.165, 1.54) is 0 Å². The molecule has 6 aromatic rings. The van der Waals surface area contributed by atoms with E-state index in [1.54, 1.807) is 12.2 Å². The third-order valence-electron chi connectivity index (χ3n) is 9.60. The maximum Gasteiger partial charge on any atom is 0.310 e.